The zero-order valence-electron chi connectivity index (χ0n) is 20.5. The number of hydrogen-bond donors (Lipinski definition) is 1. The van der Waals surface area contributed by atoms with Crippen LogP contribution in [0.15, 0.2) is 51.7 Å². The van der Waals surface area contributed by atoms with E-state index in [9.17, 15) is 14.7 Å². The van der Waals surface area contributed by atoms with Gasteiger partial charge in [-0.3, -0.25) is 4.79 Å². The van der Waals surface area contributed by atoms with Crippen LogP contribution in [0.1, 0.15) is 54.4 Å². The molecule has 6 heteroatoms. The largest absolute Gasteiger partial charge is 0.483 e. The Hall–Kier alpha value is -3.12. The van der Waals surface area contributed by atoms with Crippen molar-refractivity contribution in [3.05, 3.63) is 75.1 Å². The van der Waals surface area contributed by atoms with E-state index >= 15 is 0 Å². The predicted octanol–water partition coefficient (Wildman–Crippen LogP) is 4.53. The molecule has 2 aliphatic rings. The van der Waals surface area contributed by atoms with Crippen molar-refractivity contribution >= 4 is 16.9 Å². The van der Waals surface area contributed by atoms with Crippen molar-refractivity contribution in [1.29, 1.82) is 0 Å². The summed E-state index contributed by atoms with van der Waals surface area (Å²) < 4.78 is 11.8. The minimum Gasteiger partial charge on any atom is -0.483 e. The smallest absolute Gasteiger partial charge is 0.340 e. The molecule has 0 unspecified atom stereocenters. The summed E-state index contributed by atoms with van der Waals surface area (Å²) in [4.78, 5) is 27.7. The molecule has 1 N–H and O–H groups in total. The lowest BCUT2D eigenvalue weighted by Gasteiger charge is -2.47. The molecule has 2 heterocycles. The molecule has 1 aromatic heterocycles. The molecule has 1 aliphatic carbocycles. The molecule has 1 saturated heterocycles. The minimum absolute atomic E-state index is 0.0770. The van der Waals surface area contributed by atoms with E-state index in [1.165, 1.54) is 0 Å². The van der Waals surface area contributed by atoms with Gasteiger partial charge in [0.25, 0.3) is 5.91 Å². The summed E-state index contributed by atoms with van der Waals surface area (Å²) in [6.45, 7) is 4.88. The maximum atomic E-state index is 13.1. The molecule has 2 fully saturated rings. The highest BCUT2D eigenvalue weighted by Crippen LogP contribution is 2.40. The van der Waals surface area contributed by atoms with E-state index in [1.807, 2.05) is 61.2 Å². The van der Waals surface area contributed by atoms with Crippen LogP contribution in [0.3, 0.4) is 0 Å². The van der Waals surface area contributed by atoms with Gasteiger partial charge in [-0.1, -0.05) is 43.2 Å². The molecule has 2 aromatic carbocycles. The Balaban J connectivity index is 1.38. The number of aliphatic hydroxyl groups is 1. The summed E-state index contributed by atoms with van der Waals surface area (Å²) in [6, 6.07) is 13.5. The monoisotopic (exact) mass is 475 g/mol. The van der Waals surface area contributed by atoms with E-state index < -0.39 is 5.60 Å². The molecule has 184 valence electrons. The number of piperidine rings is 1. The molecule has 35 heavy (non-hydrogen) atoms. The second kappa shape index (κ2) is 9.50. The zero-order chi connectivity index (χ0) is 24.6. The second-order valence-electron chi connectivity index (χ2n) is 10.2. The average molecular weight is 476 g/mol. The number of ether oxygens (including phenoxy) is 1. The molecule has 3 aromatic rings. The number of fused-ring (bicyclic) bond motifs is 2. The van der Waals surface area contributed by atoms with E-state index in [2.05, 4.69) is 0 Å². The van der Waals surface area contributed by atoms with E-state index in [0.717, 1.165) is 47.8 Å². The van der Waals surface area contributed by atoms with Gasteiger partial charge in [0, 0.05) is 31.0 Å². The molecule has 6 nitrogen and oxygen atoms in total. The van der Waals surface area contributed by atoms with Crippen LogP contribution in [-0.2, 0) is 11.2 Å². The van der Waals surface area contributed by atoms with Gasteiger partial charge in [0.2, 0.25) is 0 Å². The van der Waals surface area contributed by atoms with Gasteiger partial charge < -0.3 is 19.2 Å². The SMILES string of the molecule is Cc1cc(OCC(=O)N2CC[C@@]3(O)CCCC[C@@H]3C2)c2c(C)c(Cc3ccccc3)c(=O)oc2c1. The van der Waals surface area contributed by atoms with Crippen LogP contribution < -0.4 is 10.4 Å². The molecule has 5 rings (SSSR count). The van der Waals surface area contributed by atoms with Crippen LogP contribution in [0, 0.1) is 19.8 Å². The van der Waals surface area contributed by atoms with Crippen molar-refractivity contribution in [3.63, 3.8) is 0 Å². The van der Waals surface area contributed by atoms with Crippen LogP contribution in [-0.4, -0.2) is 41.2 Å². The third-order valence-electron chi connectivity index (χ3n) is 7.84. The van der Waals surface area contributed by atoms with Gasteiger partial charge in [-0.05, 0) is 61.9 Å². The lowest BCUT2D eigenvalue weighted by Crippen LogP contribution is -2.55. The number of carbonyl (C=O) groups excluding carboxylic acids is 1. The fourth-order valence-electron chi connectivity index (χ4n) is 5.78. The second-order valence-corrected chi connectivity index (χ2v) is 10.2. The van der Waals surface area contributed by atoms with Gasteiger partial charge in [0.05, 0.1) is 11.0 Å². The van der Waals surface area contributed by atoms with Gasteiger partial charge in [-0.25, -0.2) is 4.79 Å². The topological polar surface area (TPSA) is 80.0 Å². The quantitative estimate of drug-likeness (QED) is 0.549. The van der Waals surface area contributed by atoms with Gasteiger partial charge in [-0.15, -0.1) is 0 Å². The maximum absolute atomic E-state index is 13.1. The molecule has 2 atom stereocenters. The molecule has 1 amide bonds. The fraction of sp³-hybridized carbons (Fsp3) is 0.448. The molecule has 1 aliphatic heterocycles. The van der Waals surface area contributed by atoms with Crippen molar-refractivity contribution in [1.82, 2.24) is 4.90 Å². The Morgan fingerprint density at radius 3 is 2.77 bits per heavy atom. The number of likely N-dealkylation sites (tertiary alicyclic amines) is 1. The average Bonchev–Trinajstić information content (AvgIpc) is 2.84. The standard InChI is InChI=1S/C29H33NO5/c1-19-14-24(34-18-26(31)30-13-12-29(33)11-7-6-10-22(29)17-30)27-20(2)23(28(32)35-25(27)15-19)16-21-8-4-3-5-9-21/h3-5,8-9,14-15,22,33H,6-7,10-13,16-18H2,1-2H3/t22-,29+/m1/s1. The number of benzene rings is 2. The first-order valence-corrected chi connectivity index (χ1v) is 12.6. The lowest BCUT2D eigenvalue weighted by atomic mass is 9.71. The van der Waals surface area contributed by atoms with Crippen molar-refractivity contribution in [3.8, 4) is 5.75 Å². The van der Waals surface area contributed by atoms with Crippen molar-refractivity contribution in [2.45, 2.75) is 58.0 Å². The zero-order valence-corrected chi connectivity index (χ0v) is 20.5. The molecule has 0 spiro atoms. The molecular weight excluding hydrogens is 442 g/mol. The van der Waals surface area contributed by atoms with Crippen LogP contribution >= 0.6 is 0 Å². The highest BCUT2D eigenvalue weighted by Gasteiger charge is 2.43. The van der Waals surface area contributed by atoms with Crippen LogP contribution in [0.5, 0.6) is 5.75 Å². The van der Waals surface area contributed by atoms with Gasteiger partial charge in [0.1, 0.15) is 11.3 Å². The Kier molecular flexibility index (Phi) is 6.41. The first kappa shape index (κ1) is 23.6. The van der Waals surface area contributed by atoms with Crippen LogP contribution in [0.4, 0.5) is 0 Å². The first-order chi connectivity index (χ1) is 16.8. The molecular formula is C29H33NO5. The van der Waals surface area contributed by atoms with E-state index in [0.29, 0.717) is 42.8 Å². The van der Waals surface area contributed by atoms with Gasteiger partial charge >= 0.3 is 5.63 Å². The highest BCUT2D eigenvalue weighted by atomic mass is 16.5. The number of rotatable bonds is 5. The Morgan fingerprint density at radius 2 is 1.97 bits per heavy atom. The highest BCUT2D eigenvalue weighted by molar-refractivity contribution is 5.89. The number of hydrogen-bond acceptors (Lipinski definition) is 5. The van der Waals surface area contributed by atoms with E-state index in [-0.39, 0.29) is 24.1 Å². The Morgan fingerprint density at radius 1 is 1.17 bits per heavy atom. The number of amides is 1. The first-order valence-electron chi connectivity index (χ1n) is 12.6. The number of nitrogens with zero attached hydrogens (tertiary/aromatic N) is 1. The lowest BCUT2D eigenvalue weighted by molar-refractivity contribution is -0.145. The van der Waals surface area contributed by atoms with Crippen molar-refractivity contribution in [2.24, 2.45) is 5.92 Å². The summed E-state index contributed by atoms with van der Waals surface area (Å²) in [5, 5.41) is 11.7. The van der Waals surface area contributed by atoms with Crippen LogP contribution in [0.25, 0.3) is 11.0 Å². The normalized spacial score (nSPS) is 22.1. The third-order valence-corrected chi connectivity index (χ3v) is 7.84. The summed E-state index contributed by atoms with van der Waals surface area (Å²) in [6.07, 6.45) is 5.06. The maximum Gasteiger partial charge on any atom is 0.340 e. The van der Waals surface area contributed by atoms with Crippen molar-refractivity contribution < 1.29 is 19.1 Å². The van der Waals surface area contributed by atoms with E-state index in [1.54, 1.807) is 0 Å². The number of aryl methyl sites for hydroxylation is 2. The van der Waals surface area contributed by atoms with Crippen molar-refractivity contribution in [2.75, 3.05) is 19.7 Å². The predicted molar refractivity (Wildman–Crippen MR) is 135 cm³/mol. The molecule has 1 saturated carbocycles. The summed E-state index contributed by atoms with van der Waals surface area (Å²) >= 11 is 0. The van der Waals surface area contributed by atoms with Gasteiger partial charge in [0.15, 0.2) is 6.61 Å². The third kappa shape index (κ3) is 4.72. The summed E-state index contributed by atoms with van der Waals surface area (Å²) in [5.41, 5.74) is 2.83. The fourth-order valence-corrected chi connectivity index (χ4v) is 5.78. The summed E-state index contributed by atoms with van der Waals surface area (Å²) in [7, 11) is 0. The van der Waals surface area contributed by atoms with E-state index in [4.69, 9.17) is 9.15 Å². The van der Waals surface area contributed by atoms with Crippen LogP contribution in [0.2, 0.25) is 0 Å². The molecule has 0 radical (unpaired) electrons. The summed E-state index contributed by atoms with van der Waals surface area (Å²) in [5.74, 6) is 0.618. The Bertz CT molecular complexity index is 1300. The molecule has 0 bridgehead atoms. The van der Waals surface area contributed by atoms with Gasteiger partial charge in [-0.2, -0.15) is 0 Å². The minimum atomic E-state index is -0.619. The number of carbonyl (C=O) groups is 1. The Labute approximate surface area is 205 Å².